The molecule has 0 amide bonds. The zero-order valence-electron chi connectivity index (χ0n) is 15.5. The van der Waals surface area contributed by atoms with Crippen molar-refractivity contribution < 1.29 is 9.47 Å². The summed E-state index contributed by atoms with van der Waals surface area (Å²) in [6, 6.07) is 14.1. The van der Waals surface area contributed by atoms with Gasteiger partial charge in [0.25, 0.3) is 0 Å². The number of allylic oxidation sites excluding steroid dienone is 3. The van der Waals surface area contributed by atoms with Gasteiger partial charge in [-0.15, -0.1) is 11.6 Å². The first-order valence-electron chi connectivity index (χ1n) is 8.89. The van der Waals surface area contributed by atoms with E-state index in [1.807, 2.05) is 43.3 Å². The van der Waals surface area contributed by atoms with Crippen LogP contribution < -0.4 is 14.8 Å². The molecule has 2 aromatic rings. The minimum Gasteiger partial charge on any atom is -0.493 e. The summed E-state index contributed by atoms with van der Waals surface area (Å²) in [7, 11) is 1.68. The maximum Gasteiger partial charge on any atom is 0.164 e. The molecule has 27 heavy (non-hydrogen) atoms. The Kier molecular flexibility index (Phi) is 6.70. The molecular formula is C22H23Cl2NO2. The Bertz CT molecular complexity index is 860. The number of hydrogen-bond donors (Lipinski definition) is 1. The minimum absolute atomic E-state index is 0.381. The van der Waals surface area contributed by atoms with Crippen molar-refractivity contribution in [1.29, 1.82) is 0 Å². The molecule has 0 saturated heterocycles. The quantitative estimate of drug-likeness (QED) is 0.644. The smallest absolute Gasteiger partial charge is 0.164 e. The lowest BCUT2D eigenvalue weighted by atomic mass is 9.94. The monoisotopic (exact) mass is 403 g/mol. The fourth-order valence-corrected chi connectivity index (χ4v) is 3.65. The molecule has 1 N–H and O–H groups in total. The average molecular weight is 404 g/mol. The molecule has 0 fully saturated rings. The van der Waals surface area contributed by atoms with E-state index in [-0.39, 0.29) is 0 Å². The summed E-state index contributed by atoms with van der Waals surface area (Å²) in [5.41, 5.74) is 5.32. The molecule has 5 heteroatoms. The molecule has 2 aromatic carbocycles. The first kappa shape index (κ1) is 19.7. The summed E-state index contributed by atoms with van der Waals surface area (Å²) in [5, 5.41) is 4.11. The Morgan fingerprint density at radius 3 is 2.67 bits per heavy atom. The van der Waals surface area contributed by atoms with E-state index in [0.717, 1.165) is 52.4 Å². The van der Waals surface area contributed by atoms with E-state index in [9.17, 15) is 0 Å². The zero-order valence-corrected chi connectivity index (χ0v) is 17.0. The highest BCUT2D eigenvalue weighted by Crippen LogP contribution is 2.39. The molecular weight excluding hydrogens is 381 g/mol. The fourth-order valence-electron chi connectivity index (χ4n) is 3.24. The molecule has 142 valence electrons. The molecule has 3 nitrogen and oxygen atoms in total. The van der Waals surface area contributed by atoms with Crippen molar-refractivity contribution in [1.82, 2.24) is 5.32 Å². The van der Waals surface area contributed by atoms with Gasteiger partial charge in [-0.1, -0.05) is 48.0 Å². The van der Waals surface area contributed by atoms with E-state index in [0.29, 0.717) is 17.5 Å². The lowest BCUT2D eigenvalue weighted by Gasteiger charge is -2.26. The van der Waals surface area contributed by atoms with Gasteiger partial charge in [-0.05, 0) is 36.6 Å². The highest BCUT2D eigenvalue weighted by atomic mass is 35.5. The Hall–Kier alpha value is -2.10. The van der Waals surface area contributed by atoms with Crippen molar-refractivity contribution >= 4 is 28.9 Å². The Labute approximate surface area is 170 Å². The number of hydrogen-bond acceptors (Lipinski definition) is 3. The summed E-state index contributed by atoms with van der Waals surface area (Å²) >= 11 is 12.2. The summed E-state index contributed by atoms with van der Waals surface area (Å²) in [6.45, 7) is 3.30. The van der Waals surface area contributed by atoms with Crippen LogP contribution in [0.15, 0.2) is 59.1 Å². The van der Waals surface area contributed by atoms with Crippen molar-refractivity contribution in [3.63, 3.8) is 0 Å². The second-order valence-electron chi connectivity index (χ2n) is 6.28. The molecule has 0 atom stereocenters. The van der Waals surface area contributed by atoms with Gasteiger partial charge in [0.2, 0.25) is 0 Å². The Balaban J connectivity index is 1.95. The first-order valence-corrected chi connectivity index (χ1v) is 9.80. The van der Waals surface area contributed by atoms with Crippen LogP contribution in [-0.2, 0) is 13.0 Å². The summed E-state index contributed by atoms with van der Waals surface area (Å²) in [6.07, 6.45) is 2.66. The van der Waals surface area contributed by atoms with E-state index in [1.165, 1.54) is 0 Å². The molecule has 0 aliphatic carbocycles. The van der Waals surface area contributed by atoms with Gasteiger partial charge in [0.15, 0.2) is 11.5 Å². The van der Waals surface area contributed by atoms with Crippen LogP contribution in [0.1, 0.15) is 23.6 Å². The van der Waals surface area contributed by atoms with Crippen LogP contribution in [-0.4, -0.2) is 19.5 Å². The minimum atomic E-state index is 0.381. The van der Waals surface area contributed by atoms with Gasteiger partial charge < -0.3 is 14.8 Å². The van der Waals surface area contributed by atoms with Crippen LogP contribution >= 0.6 is 23.2 Å². The molecule has 3 rings (SSSR count). The maximum atomic E-state index is 6.38. The third-order valence-electron chi connectivity index (χ3n) is 4.60. The van der Waals surface area contributed by atoms with Gasteiger partial charge in [0.1, 0.15) is 6.61 Å². The van der Waals surface area contributed by atoms with Crippen LogP contribution in [0.4, 0.5) is 0 Å². The van der Waals surface area contributed by atoms with Crippen LogP contribution in [0.25, 0.3) is 5.70 Å². The van der Waals surface area contributed by atoms with Crippen molar-refractivity contribution in [2.45, 2.75) is 20.0 Å². The van der Waals surface area contributed by atoms with E-state index in [2.05, 4.69) is 11.4 Å². The van der Waals surface area contributed by atoms with E-state index >= 15 is 0 Å². The second kappa shape index (κ2) is 9.20. The van der Waals surface area contributed by atoms with Crippen molar-refractivity contribution in [2.24, 2.45) is 0 Å². The van der Waals surface area contributed by atoms with Crippen molar-refractivity contribution in [2.75, 3.05) is 19.5 Å². The van der Waals surface area contributed by atoms with Crippen LogP contribution in [0.5, 0.6) is 11.5 Å². The van der Waals surface area contributed by atoms with Gasteiger partial charge in [-0.3, -0.25) is 0 Å². The van der Waals surface area contributed by atoms with Crippen LogP contribution in [0.2, 0.25) is 0 Å². The second-order valence-corrected chi connectivity index (χ2v) is 7.00. The number of nitrogens with one attached hydrogen (secondary N) is 1. The van der Waals surface area contributed by atoms with E-state index in [4.69, 9.17) is 32.7 Å². The van der Waals surface area contributed by atoms with Crippen molar-refractivity contribution in [3.8, 4) is 11.5 Å². The van der Waals surface area contributed by atoms with Gasteiger partial charge in [-0.2, -0.15) is 0 Å². The van der Waals surface area contributed by atoms with E-state index < -0.39 is 0 Å². The molecule has 0 unspecified atom stereocenters. The molecule has 1 aliphatic rings. The molecule has 0 spiro atoms. The predicted octanol–water partition coefficient (Wildman–Crippen LogP) is 5.51. The van der Waals surface area contributed by atoms with Crippen LogP contribution in [0, 0.1) is 0 Å². The van der Waals surface area contributed by atoms with E-state index in [1.54, 1.807) is 13.2 Å². The van der Waals surface area contributed by atoms with Crippen molar-refractivity contribution in [3.05, 3.63) is 75.8 Å². The Morgan fingerprint density at radius 2 is 1.96 bits per heavy atom. The average Bonchev–Trinajstić information content (AvgIpc) is 2.71. The third kappa shape index (κ3) is 4.42. The fraction of sp³-hybridized carbons (Fsp3) is 0.273. The number of halogens is 2. The predicted molar refractivity (Wildman–Crippen MR) is 113 cm³/mol. The first-order chi connectivity index (χ1) is 13.2. The van der Waals surface area contributed by atoms with Gasteiger partial charge in [0.05, 0.1) is 7.11 Å². The van der Waals surface area contributed by atoms with Gasteiger partial charge >= 0.3 is 0 Å². The van der Waals surface area contributed by atoms with Crippen LogP contribution in [0.3, 0.4) is 0 Å². The number of alkyl halides is 1. The molecule has 0 saturated carbocycles. The number of benzene rings is 2. The largest absolute Gasteiger partial charge is 0.493 e. The standard InChI is InChI=1S/C22H23Cl2NO2/c1-15(19(24)10-12-23)21-17-8-9-20(22(26-2)18(17)11-13-25-21)27-14-16-6-4-3-5-7-16/h3-10,25H,11-14H2,1-2H3/b19-10+,21-15-. The topological polar surface area (TPSA) is 30.5 Å². The maximum absolute atomic E-state index is 6.38. The van der Waals surface area contributed by atoms with Gasteiger partial charge in [0, 0.05) is 34.3 Å². The number of rotatable bonds is 6. The summed E-state index contributed by atoms with van der Waals surface area (Å²) in [5.74, 6) is 1.92. The zero-order chi connectivity index (χ0) is 19.2. The normalized spacial score (nSPS) is 15.6. The Morgan fingerprint density at radius 1 is 1.19 bits per heavy atom. The number of fused-ring (bicyclic) bond motifs is 1. The summed E-state index contributed by atoms with van der Waals surface area (Å²) < 4.78 is 11.8. The molecule has 0 radical (unpaired) electrons. The van der Waals surface area contributed by atoms with Gasteiger partial charge in [-0.25, -0.2) is 0 Å². The molecule has 1 aliphatic heterocycles. The highest BCUT2D eigenvalue weighted by molar-refractivity contribution is 6.33. The lowest BCUT2D eigenvalue weighted by molar-refractivity contribution is 0.283. The molecule has 1 heterocycles. The number of methoxy groups -OCH3 is 1. The molecule has 0 aromatic heterocycles. The third-order valence-corrected chi connectivity index (χ3v) is 5.19. The SMILES string of the molecule is COc1c(OCc2ccccc2)ccc2c1CCN/C2=C(C)\C(Cl)=C/CCl. The lowest BCUT2D eigenvalue weighted by Crippen LogP contribution is -2.24. The highest BCUT2D eigenvalue weighted by Gasteiger charge is 2.23. The molecule has 0 bridgehead atoms. The summed E-state index contributed by atoms with van der Waals surface area (Å²) in [4.78, 5) is 0. The number of ether oxygens (including phenoxy) is 2.